The molecule has 0 unspecified atom stereocenters. The quantitative estimate of drug-likeness (QED) is 0.587. The summed E-state index contributed by atoms with van der Waals surface area (Å²) >= 11 is 0. The normalized spacial score (nSPS) is 19.1. The average Bonchev–Trinajstić information content (AvgIpc) is 1.93. The molecule has 1 aliphatic carbocycles. The maximum absolute atomic E-state index is 10.6. The van der Waals surface area contributed by atoms with Crippen molar-refractivity contribution in [2.24, 2.45) is 11.8 Å². The van der Waals surface area contributed by atoms with Crippen LogP contribution in [0.5, 0.6) is 0 Å². The molecule has 1 rings (SSSR count). The number of carbonyl (C=O) groups is 1. The predicted molar refractivity (Wildman–Crippen MR) is 50.9 cm³/mol. The van der Waals surface area contributed by atoms with Crippen molar-refractivity contribution in [3.8, 4) is 0 Å². The summed E-state index contributed by atoms with van der Waals surface area (Å²) < 4.78 is 0. The molecule has 1 saturated carbocycles. The number of hydrogen-bond acceptors (Lipinski definition) is 1. The van der Waals surface area contributed by atoms with Crippen LogP contribution >= 0.6 is 0 Å². The van der Waals surface area contributed by atoms with Crippen LogP contribution in [0.1, 0.15) is 39.5 Å². The third-order valence-electron chi connectivity index (χ3n) is 2.30. The van der Waals surface area contributed by atoms with Gasteiger partial charge in [-0.15, -0.1) is 0 Å². The van der Waals surface area contributed by atoms with Crippen LogP contribution in [0, 0.1) is 11.8 Å². The SMILES string of the molecule is CC(C)C=CCCC1CC(=O)C1. The second-order valence-corrected chi connectivity index (χ2v) is 4.06. The van der Waals surface area contributed by atoms with Crippen LogP contribution in [0.15, 0.2) is 12.2 Å². The van der Waals surface area contributed by atoms with Crippen LogP contribution in [0.3, 0.4) is 0 Å². The summed E-state index contributed by atoms with van der Waals surface area (Å²) in [4.78, 5) is 10.6. The molecule has 1 aliphatic rings. The molecule has 0 spiro atoms. The van der Waals surface area contributed by atoms with E-state index in [-0.39, 0.29) is 0 Å². The molecule has 1 nitrogen and oxygen atoms in total. The van der Waals surface area contributed by atoms with E-state index in [0.29, 0.717) is 17.6 Å². The van der Waals surface area contributed by atoms with E-state index in [9.17, 15) is 4.79 Å². The minimum atomic E-state index is 0.452. The number of allylic oxidation sites excluding steroid dienone is 2. The van der Waals surface area contributed by atoms with Crippen LogP contribution in [0.25, 0.3) is 0 Å². The Morgan fingerprint density at radius 3 is 2.67 bits per heavy atom. The topological polar surface area (TPSA) is 17.1 Å². The lowest BCUT2D eigenvalue weighted by atomic mass is 9.81. The fraction of sp³-hybridized carbons (Fsp3) is 0.727. The number of ketones is 1. The van der Waals surface area contributed by atoms with Gasteiger partial charge in [0.15, 0.2) is 0 Å². The number of Topliss-reactive ketones (excluding diaryl/α,β-unsaturated/α-hetero) is 1. The summed E-state index contributed by atoms with van der Waals surface area (Å²) in [5.41, 5.74) is 0. The van der Waals surface area contributed by atoms with Crippen LogP contribution < -0.4 is 0 Å². The highest BCUT2D eigenvalue weighted by molar-refractivity contribution is 5.84. The van der Waals surface area contributed by atoms with E-state index in [0.717, 1.165) is 19.3 Å². The molecule has 0 amide bonds. The monoisotopic (exact) mass is 166 g/mol. The van der Waals surface area contributed by atoms with Crippen molar-refractivity contribution in [3.63, 3.8) is 0 Å². The summed E-state index contributed by atoms with van der Waals surface area (Å²) in [5, 5.41) is 0. The van der Waals surface area contributed by atoms with Gasteiger partial charge in [0.1, 0.15) is 5.78 Å². The third-order valence-corrected chi connectivity index (χ3v) is 2.30. The van der Waals surface area contributed by atoms with Crippen LogP contribution in [0.2, 0.25) is 0 Å². The van der Waals surface area contributed by atoms with E-state index in [1.807, 2.05) is 0 Å². The van der Waals surface area contributed by atoms with Crippen LogP contribution in [0.4, 0.5) is 0 Å². The van der Waals surface area contributed by atoms with E-state index in [1.54, 1.807) is 0 Å². The molecule has 0 atom stereocenters. The molecular weight excluding hydrogens is 148 g/mol. The average molecular weight is 166 g/mol. The molecule has 0 radical (unpaired) electrons. The molecule has 0 saturated heterocycles. The zero-order valence-corrected chi connectivity index (χ0v) is 8.05. The zero-order valence-electron chi connectivity index (χ0n) is 8.05. The Bertz CT molecular complexity index is 171. The molecule has 0 heterocycles. The maximum Gasteiger partial charge on any atom is 0.133 e. The number of rotatable bonds is 4. The molecule has 1 heteroatoms. The molecule has 0 aromatic rings. The lowest BCUT2D eigenvalue weighted by molar-refractivity contribution is -0.126. The summed E-state index contributed by atoms with van der Waals surface area (Å²) in [7, 11) is 0. The standard InChI is InChI=1S/C11H18O/c1-9(2)5-3-4-6-10-7-11(12)8-10/h3,5,9-10H,4,6-8H2,1-2H3. The first-order chi connectivity index (χ1) is 5.68. The Morgan fingerprint density at radius 1 is 1.50 bits per heavy atom. The van der Waals surface area contributed by atoms with Gasteiger partial charge in [0, 0.05) is 12.8 Å². The van der Waals surface area contributed by atoms with Gasteiger partial charge < -0.3 is 0 Å². The summed E-state index contributed by atoms with van der Waals surface area (Å²) in [6, 6.07) is 0. The van der Waals surface area contributed by atoms with E-state index < -0.39 is 0 Å². The largest absolute Gasteiger partial charge is 0.300 e. The summed E-state index contributed by atoms with van der Waals surface area (Å²) in [6.45, 7) is 4.37. The van der Waals surface area contributed by atoms with Gasteiger partial charge in [-0.1, -0.05) is 26.0 Å². The van der Waals surface area contributed by atoms with Gasteiger partial charge in [-0.3, -0.25) is 4.79 Å². The first-order valence-corrected chi connectivity index (χ1v) is 4.87. The smallest absolute Gasteiger partial charge is 0.133 e. The van der Waals surface area contributed by atoms with Crippen molar-refractivity contribution in [1.29, 1.82) is 0 Å². The third kappa shape index (κ3) is 3.21. The van der Waals surface area contributed by atoms with Gasteiger partial charge in [0.05, 0.1) is 0 Å². The van der Waals surface area contributed by atoms with Crippen molar-refractivity contribution < 1.29 is 4.79 Å². The van der Waals surface area contributed by atoms with Gasteiger partial charge in [0.25, 0.3) is 0 Å². The highest BCUT2D eigenvalue weighted by atomic mass is 16.1. The van der Waals surface area contributed by atoms with Crippen LogP contribution in [-0.2, 0) is 4.79 Å². The van der Waals surface area contributed by atoms with Crippen molar-refractivity contribution in [2.75, 3.05) is 0 Å². The van der Waals surface area contributed by atoms with Crippen LogP contribution in [-0.4, -0.2) is 5.78 Å². The Morgan fingerprint density at radius 2 is 2.17 bits per heavy atom. The van der Waals surface area contributed by atoms with Crippen molar-refractivity contribution in [3.05, 3.63) is 12.2 Å². The fourth-order valence-electron chi connectivity index (χ4n) is 1.49. The Kier molecular flexibility index (Phi) is 3.51. The van der Waals surface area contributed by atoms with E-state index in [1.165, 1.54) is 6.42 Å². The Hall–Kier alpha value is -0.590. The first-order valence-electron chi connectivity index (χ1n) is 4.87. The first kappa shape index (κ1) is 9.50. The number of hydrogen-bond donors (Lipinski definition) is 0. The molecule has 1 fully saturated rings. The number of carbonyl (C=O) groups excluding carboxylic acids is 1. The highest BCUT2D eigenvalue weighted by Gasteiger charge is 2.24. The molecule has 0 aliphatic heterocycles. The lowest BCUT2D eigenvalue weighted by Gasteiger charge is -2.22. The molecule has 68 valence electrons. The van der Waals surface area contributed by atoms with Gasteiger partial charge in [-0.2, -0.15) is 0 Å². The Balaban J connectivity index is 1.99. The minimum absolute atomic E-state index is 0.452. The summed E-state index contributed by atoms with van der Waals surface area (Å²) in [5.74, 6) is 1.81. The molecule has 0 N–H and O–H groups in total. The fourth-order valence-corrected chi connectivity index (χ4v) is 1.49. The molecule has 12 heavy (non-hydrogen) atoms. The van der Waals surface area contributed by atoms with E-state index in [2.05, 4.69) is 26.0 Å². The zero-order chi connectivity index (χ0) is 8.97. The van der Waals surface area contributed by atoms with Crippen molar-refractivity contribution in [1.82, 2.24) is 0 Å². The molecular formula is C11H18O. The van der Waals surface area contributed by atoms with Crippen molar-refractivity contribution >= 4 is 5.78 Å². The molecule has 0 aromatic carbocycles. The molecule has 0 bridgehead atoms. The minimum Gasteiger partial charge on any atom is -0.300 e. The van der Waals surface area contributed by atoms with Gasteiger partial charge in [-0.25, -0.2) is 0 Å². The van der Waals surface area contributed by atoms with E-state index in [4.69, 9.17) is 0 Å². The van der Waals surface area contributed by atoms with Gasteiger partial charge in [0.2, 0.25) is 0 Å². The Labute approximate surface area is 74.9 Å². The highest BCUT2D eigenvalue weighted by Crippen LogP contribution is 2.27. The second kappa shape index (κ2) is 4.44. The van der Waals surface area contributed by atoms with Gasteiger partial charge in [-0.05, 0) is 24.7 Å². The lowest BCUT2D eigenvalue weighted by Crippen LogP contribution is -2.22. The predicted octanol–water partition coefficient (Wildman–Crippen LogP) is 2.96. The van der Waals surface area contributed by atoms with E-state index >= 15 is 0 Å². The second-order valence-electron chi connectivity index (χ2n) is 4.06. The molecule has 0 aromatic heterocycles. The van der Waals surface area contributed by atoms with Crippen molar-refractivity contribution in [2.45, 2.75) is 39.5 Å². The summed E-state index contributed by atoms with van der Waals surface area (Å²) in [6.07, 6.45) is 8.52. The maximum atomic E-state index is 10.6. The van der Waals surface area contributed by atoms with Gasteiger partial charge >= 0.3 is 0 Å².